The van der Waals surface area contributed by atoms with E-state index in [1.165, 1.54) is 36.0 Å². The summed E-state index contributed by atoms with van der Waals surface area (Å²) in [7, 11) is 0. The highest BCUT2D eigenvalue weighted by Gasteiger charge is 2.18. The number of benzene rings is 1. The van der Waals surface area contributed by atoms with Crippen LogP contribution in [0.3, 0.4) is 0 Å². The van der Waals surface area contributed by atoms with Crippen molar-refractivity contribution in [2.75, 3.05) is 13.1 Å². The number of hydrogen-bond acceptors (Lipinski definition) is 1. The Kier molecular flexibility index (Phi) is 6.06. The molecule has 1 aromatic carbocycles. The summed E-state index contributed by atoms with van der Waals surface area (Å²) in [4.78, 5) is 0. The topological polar surface area (TPSA) is 12.0 Å². The summed E-state index contributed by atoms with van der Waals surface area (Å²) in [6.07, 6.45) is 3.73. The van der Waals surface area contributed by atoms with Crippen LogP contribution in [0.25, 0.3) is 0 Å². The van der Waals surface area contributed by atoms with Crippen LogP contribution in [0.15, 0.2) is 12.1 Å². The summed E-state index contributed by atoms with van der Waals surface area (Å²) in [6.45, 7) is 15.9. The third kappa shape index (κ3) is 5.36. The average molecular weight is 261 g/mol. The van der Waals surface area contributed by atoms with Crippen molar-refractivity contribution in [1.82, 2.24) is 5.32 Å². The Bertz CT molecular complexity index is 381. The highest BCUT2D eigenvalue weighted by atomic mass is 14.8. The van der Waals surface area contributed by atoms with E-state index in [4.69, 9.17) is 0 Å². The van der Waals surface area contributed by atoms with E-state index in [-0.39, 0.29) is 0 Å². The zero-order valence-electron chi connectivity index (χ0n) is 13.7. The monoisotopic (exact) mass is 261 g/mol. The molecule has 0 saturated carbocycles. The highest BCUT2D eigenvalue weighted by molar-refractivity contribution is 5.37. The molecule has 0 aliphatic heterocycles. The SMILES string of the molecule is CCNCCC(C)(C)CCc1c(C)cc(C)cc1C. The van der Waals surface area contributed by atoms with Crippen molar-refractivity contribution in [2.24, 2.45) is 5.41 Å². The molecule has 108 valence electrons. The molecule has 1 N–H and O–H groups in total. The minimum absolute atomic E-state index is 0.423. The van der Waals surface area contributed by atoms with Crippen LogP contribution in [-0.2, 0) is 6.42 Å². The van der Waals surface area contributed by atoms with Gasteiger partial charge in [0.15, 0.2) is 0 Å². The summed E-state index contributed by atoms with van der Waals surface area (Å²) >= 11 is 0. The third-order valence-electron chi connectivity index (χ3n) is 4.12. The number of hydrogen-bond donors (Lipinski definition) is 1. The number of aryl methyl sites for hydroxylation is 3. The minimum Gasteiger partial charge on any atom is -0.317 e. The molecule has 0 spiro atoms. The molecule has 0 radical (unpaired) electrons. The molecule has 0 aliphatic carbocycles. The summed E-state index contributed by atoms with van der Waals surface area (Å²) < 4.78 is 0. The highest BCUT2D eigenvalue weighted by Crippen LogP contribution is 2.28. The molecule has 0 bridgehead atoms. The number of nitrogens with one attached hydrogen (secondary N) is 1. The van der Waals surface area contributed by atoms with Crippen LogP contribution in [0.2, 0.25) is 0 Å². The van der Waals surface area contributed by atoms with Gasteiger partial charge in [0, 0.05) is 0 Å². The van der Waals surface area contributed by atoms with Gasteiger partial charge in [0.05, 0.1) is 0 Å². The van der Waals surface area contributed by atoms with Crippen LogP contribution >= 0.6 is 0 Å². The molecule has 0 aliphatic rings. The van der Waals surface area contributed by atoms with Gasteiger partial charge in [-0.2, -0.15) is 0 Å². The summed E-state index contributed by atoms with van der Waals surface area (Å²) in [6, 6.07) is 4.63. The van der Waals surface area contributed by atoms with Crippen molar-refractivity contribution in [3.8, 4) is 0 Å². The second-order valence-electron chi connectivity index (χ2n) is 6.65. The van der Waals surface area contributed by atoms with Gasteiger partial charge in [0.25, 0.3) is 0 Å². The molecule has 1 aromatic rings. The van der Waals surface area contributed by atoms with E-state index >= 15 is 0 Å². The van der Waals surface area contributed by atoms with Crippen LogP contribution < -0.4 is 5.32 Å². The van der Waals surface area contributed by atoms with Crippen molar-refractivity contribution < 1.29 is 0 Å². The molecular weight excluding hydrogens is 230 g/mol. The molecule has 19 heavy (non-hydrogen) atoms. The maximum atomic E-state index is 3.43. The molecule has 0 amide bonds. The van der Waals surface area contributed by atoms with E-state index in [1.807, 2.05) is 0 Å². The maximum absolute atomic E-state index is 3.43. The first kappa shape index (κ1) is 16.2. The first-order valence-corrected chi connectivity index (χ1v) is 7.63. The second kappa shape index (κ2) is 7.09. The van der Waals surface area contributed by atoms with E-state index < -0.39 is 0 Å². The quantitative estimate of drug-likeness (QED) is 0.709. The standard InChI is InChI=1S/C18H31N/c1-7-19-11-10-18(5,6)9-8-17-15(3)12-14(2)13-16(17)4/h12-13,19H,7-11H2,1-6H3. The Balaban J connectivity index is 2.61. The van der Waals surface area contributed by atoms with Gasteiger partial charge >= 0.3 is 0 Å². The zero-order chi connectivity index (χ0) is 14.5. The Morgan fingerprint density at radius 1 is 1.00 bits per heavy atom. The minimum atomic E-state index is 0.423. The van der Waals surface area contributed by atoms with Gasteiger partial charge in [-0.1, -0.05) is 38.5 Å². The fourth-order valence-electron chi connectivity index (χ4n) is 2.80. The molecule has 1 nitrogen and oxygen atoms in total. The van der Waals surface area contributed by atoms with Crippen molar-refractivity contribution in [2.45, 2.75) is 60.8 Å². The molecule has 1 heteroatoms. The van der Waals surface area contributed by atoms with Gasteiger partial charge in [0.2, 0.25) is 0 Å². The molecular formula is C18H31N. The largest absolute Gasteiger partial charge is 0.317 e. The van der Waals surface area contributed by atoms with Gasteiger partial charge in [-0.15, -0.1) is 0 Å². The van der Waals surface area contributed by atoms with Crippen molar-refractivity contribution in [3.05, 3.63) is 34.4 Å². The normalized spacial score (nSPS) is 11.9. The Morgan fingerprint density at radius 2 is 1.58 bits per heavy atom. The predicted octanol–water partition coefficient (Wildman–Crippen LogP) is 4.57. The molecule has 0 heterocycles. The van der Waals surface area contributed by atoms with E-state index in [0.717, 1.165) is 13.1 Å². The Hall–Kier alpha value is -0.820. The van der Waals surface area contributed by atoms with Gasteiger partial charge in [-0.3, -0.25) is 0 Å². The van der Waals surface area contributed by atoms with Crippen LogP contribution in [0.1, 0.15) is 55.9 Å². The van der Waals surface area contributed by atoms with Gasteiger partial charge in [-0.25, -0.2) is 0 Å². The van der Waals surface area contributed by atoms with Crippen molar-refractivity contribution in [1.29, 1.82) is 0 Å². The third-order valence-corrected chi connectivity index (χ3v) is 4.12. The van der Waals surface area contributed by atoms with Crippen molar-refractivity contribution >= 4 is 0 Å². The Morgan fingerprint density at radius 3 is 2.11 bits per heavy atom. The predicted molar refractivity (Wildman–Crippen MR) is 85.9 cm³/mol. The lowest BCUT2D eigenvalue weighted by molar-refractivity contribution is 0.303. The van der Waals surface area contributed by atoms with Gasteiger partial charge < -0.3 is 5.32 Å². The molecule has 0 fully saturated rings. The van der Waals surface area contributed by atoms with Crippen LogP contribution in [-0.4, -0.2) is 13.1 Å². The smallest absolute Gasteiger partial charge is 0.00439 e. The Labute approximate surface area is 119 Å². The maximum Gasteiger partial charge on any atom is -0.00439 e. The molecule has 0 atom stereocenters. The lowest BCUT2D eigenvalue weighted by atomic mass is 9.81. The fourth-order valence-corrected chi connectivity index (χ4v) is 2.80. The molecule has 0 unspecified atom stereocenters. The van der Waals surface area contributed by atoms with E-state index in [0.29, 0.717) is 5.41 Å². The molecule has 0 saturated heterocycles. The van der Waals surface area contributed by atoms with E-state index in [9.17, 15) is 0 Å². The lowest BCUT2D eigenvalue weighted by Gasteiger charge is -2.25. The molecule has 1 rings (SSSR count). The fraction of sp³-hybridized carbons (Fsp3) is 0.667. The number of rotatable bonds is 7. The van der Waals surface area contributed by atoms with Crippen LogP contribution in [0.4, 0.5) is 0 Å². The van der Waals surface area contributed by atoms with Gasteiger partial charge in [-0.05, 0) is 75.2 Å². The van der Waals surface area contributed by atoms with Crippen LogP contribution in [0.5, 0.6) is 0 Å². The summed E-state index contributed by atoms with van der Waals surface area (Å²) in [5, 5.41) is 3.43. The van der Waals surface area contributed by atoms with Gasteiger partial charge in [0.1, 0.15) is 0 Å². The first-order chi connectivity index (χ1) is 8.85. The first-order valence-electron chi connectivity index (χ1n) is 7.63. The van der Waals surface area contributed by atoms with Crippen molar-refractivity contribution in [3.63, 3.8) is 0 Å². The lowest BCUT2D eigenvalue weighted by Crippen LogP contribution is -2.22. The summed E-state index contributed by atoms with van der Waals surface area (Å²) in [5.74, 6) is 0. The average Bonchev–Trinajstić information content (AvgIpc) is 2.27. The summed E-state index contributed by atoms with van der Waals surface area (Å²) in [5.41, 5.74) is 6.28. The molecule has 0 aromatic heterocycles. The van der Waals surface area contributed by atoms with Crippen LogP contribution in [0, 0.1) is 26.2 Å². The van der Waals surface area contributed by atoms with E-state index in [1.54, 1.807) is 5.56 Å². The van der Waals surface area contributed by atoms with E-state index in [2.05, 4.69) is 59.0 Å². The second-order valence-corrected chi connectivity index (χ2v) is 6.65. The zero-order valence-corrected chi connectivity index (χ0v) is 13.7.